The van der Waals surface area contributed by atoms with Crippen LogP contribution in [0.3, 0.4) is 0 Å². The monoisotopic (exact) mass is 500 g/mol. The smallest absolute Gasteiger partial charge is 0.162 e. The van der Waals surface area contributed by atoms with Gasteiger partial charge >= 0.3 is 0 Å². The summed E-state index contributed by atoms with van der Waals surface area (Å²) in [6.45, 7) is 4.41. The summed E-state index contributed by atoms with van der Waals surface area (Å²) in [5.74, 6) is 0.252. The first-order valence-electron chi connectivity index (χ1n) is 11.4. The predicted octanol–water partition coefficient (Wildman–Crippen LogP) is 7.49. The first-order valence-corrected chi connectivity index (χ1v) is 12.2. The molecule has 1 heterocycles. The maximum atomic E-state index is 13.5. The highest BCUT2D eigenvalue weighted by Crippen LogP contribution is 2.51. The lowest BCUT2D eigenvalue weighted by Gasteiger charge is -2.40. The SMILES string of the molecule is CN(C)c1ccc(C2Nc3ccc(-c4ccccc4)cc3C3=C2C(=O)CC(C)(C)C3)cc1Br. The number of Topliss-reactive ketones (excluding diaryl/α,β-unsaturated/α-hetero) is 1. The standard InChI is InChI=1S/C29H29BrN2O/c1-29(2)16-22-21-14-19(18-8-6-5-7-9-18)10-12-24(21)31-28(27(22)26(33)17-29)20-11-13-25(32(3)4)23(30)15-20/h5-15,28,31H,16-17H2,1-4H3. The van der Waals surface area contributed by atoms with Crippen molar-refractivity contribution in [3.63, 3.8) is 0 Å². The number of ketones is 1. The molecule has 0 amide bonds. The third-order valence-corrected chi connectivity index (χ3v) is 7.38. The summed E-state index contributed by atoms with van der Waals surface area (Å²) in [4.78, 5) is 15.6. The maximum absolute atomic E-state index is 13.5. The number of allylic oxidation sites excluding steroid dienone is 1. The van der Waals surface area contributed by atoms with Crippen molar-refractivity contribution in [3.05, 3.63) is 87.9 Å². The number of anilines is 2. The molecule has 0 saturated carbocycles. The lowest BCUT2D eigenvalue weighted by atomic mass is 9.68. The summed E-state index contributed by atoms with van der Waals surface area (Å²) in [5, 5.41) is 3.71. The van der Waals surface area contributed by atoms with Crippen LogP contribution < -0.4 is 10.2 Å². The fourth-order valence-electron chi connectivity index (χ4n) is 5.18. The molecule has 0 saturated heterocycles. The Balaban J connectivity index is 1.67. The second-order valence-corrected chi connectivity index (χ2v) is 11.0. The second kappa shape index (κ2) is 8.18. The molecule has 1 aliphatic carbocycles. The molecule has 0 aromatic heterocycles. The van der Waals surface area contributed by atoms with Crippen LogP contribution in [0.4, 0.5) is 11.4 Å². The summed E-state index contributed by atoms with van der Waals surface area (Å²) in [6, 6.07) is 23.3. The molecule has 4 heteroatoms. The summed E-state index contributed by atoms with van der Waals surface area (Å²) >= 11 is 3.73. The van der Waals surface area contributed by atoms with Gasteiger partial charge < -0.3 is 10.2 Å². The van der Waals surface area contributed by atoms with E-state index in [4.69, 9.17) is 0 Å². The van der Waals surface area contributed by atoms with E-state index in [-0.39, 0.29) is 17.2 Å². The molecule has 0 bridgehead atoms. The Hall–Kier alpha value is -2.85. The van der Waals surface area contributed by atoms with Crippen molar-refractivity contribution in [2.75, 3.05) is 24.3 Å². The Bertz CT molecular complexity index is 1270. The van der Waals surface area contributed by atoms with Crippen LogP contribution in [0, 0.1) is 5.41 Å². The number of carbonyl (C=O) groups excluding carboxylic acids is 1. The van der Waals surface area contributed by atoms with E-state index in [1.54, 1.807) is 0 Å². The van der Waals surface area contributed by atoms with Crippen molar-refractivity contribution < 1.29 is 4.79 Å². The highest BCUT2D eigenvalue weighted by Gasteiger charge is 2.40. The van der Waals surface area contributed by atoms with Crippen LogP contribution >= 0.6 is 15.9 Å². The molecule has 1 unspecified atom stereocenters. The molecular weight excluding hydrogens is 472 g/mol. The zero-order valence-electron chi connectivity index (χ0n) is 19.6. The zero-order valence-corrected chi connectivity index (χ0v) is 21.2. The summed E-state index contributed by atoms with van der Waals surface area (Å²) in [5.41, 5.74) is 8.91. The average molecular weight is 501 g/mol. The van der Waals surface area contributed by atoms with Crippen LogP contribution in [-0.2, 0) is 4.79 Å². The Labute approximate surface area is 204 Å². The number of hydrogen-bond acceptors (Lipinski definition) is 3. The molecule has 2 aliphatic rings. The number of carbonyl (C=O) groups is 1. The topological polar surface area (TPSA) is 32.3 Å². The molecule has 0 spiro atoms. The Morgan fingerprint density at radius 1 is 0.939 bits per heavy atom. The van der Waals surface area contributed by atoms with Gasteiger partial charge in [-0.15, -0.1) is 0 Å². The number of hydrogen-bond donors (Lipinski definition) is 1. The zero-order chi connectivity index (χ0) is 23.3. The Morgan fingerprint density at radius 3 is 2.39 bits per heavy atom. The van der Waals surface area contributed by atoms with Crippen molar-refractivity contribution in [1.29, 1.82) is 0 Å². The van der Waals surface area contributed by atoms with Gasteiger partial charge in [0.2, 0.25) is 0 Å². The average Bonchev–Trinajstić information content (AvgIpc) is 2.77. The van der Waals surface area contributed by atoms with Crippen LogP contribution in [-0.4, -0.2) is 19.9 Å². The van der Waals surface area contributed by atoms with Gasteiger partial charge in [0.05, 0.1) is 11.7 Å². The van der Waals surface area contributed by atoms with Gasteiger partial charge in [0.15, 0.2) is 5.78 Å². The molecule has 1 atom stereocenters. The van der Waals surface area contributed by atoms with E-state index in [0.29, 0.717) is 6.42 Å². The summed E-state index contributed by atoms with van der Waals surface area (Å²) in [7, 11) is 4.07. The normalized spacial score (nSPS) is 18.9. The van der Waals surface area contributed by atoms with Crippen LogP contribution in [0.1, 0.15) is 43.9 Å². The third kappa shape index (κ3) is 4.02. The summed E-state index contributed by atoms with van der Waals surface area (Å²) in [6.07, 6.45) is 1.48. The van der Waals surface area contributed by atoms with Crippen LogP contribution in [0.25, 0.3) is 16.7 Å². The molecule has 33 heavy (non-hydrogen) atoms. The molecule has 5 rings (SSSR count). The van der Waals surface area contributed by atoms with Crippen molar-refractivity contribution >= 4 is 38.7 Å². The van der Waals surface area contributed by atoms with Gasteiger partial charge in [-0.05, 0) is 74.3 Å². The molecule has 1 N–H and O–H groups in total. The fraction of sp³-hybridized carbons (Fsp3) is 0.276. The van der Waals surface area contributed by atoms with E-state index in [9.17, 15) is 4.79 Å². The number of fused-ring (bicyclic) bond motifs is 2. The molecular formula is C29H29BrN2O. The number of rotatable bonds is 3. The molecule has 168 valence electrons. The first-order chi connectivity index (χ1) is 15.7. The lowest BCUT2D eigenvalue weighted by Crippen LogP contribution is -2.33. The molecule has 3 aromatic rings. The quantitative estimate of drug-likeness (QED) is 0.404. The number of nitrogens with zero attached hydrogens (tertiary/aromatic N) is 1. The van der Waals surface area contributed by atoms with Crippen LogP contribution in [0.2, 0.25) is 0 Å². The Morgan fingerprint density at radius 2 is 1.70 bits per heavy atom. The second-order valence-electron chi connectivity index (χ2n) is 10.1. The largest absolute Gasteiger partial charge is 0.377 e. The summed E-state index contributed by atoms with van der Waals surface area (Å²) < 4.78 is 1.03. The Kier molecular flexibility index (Phi) is 5.44. The number of benzene rings is 3. The van der Waals surface area contributed by atoms with Gasteiger partial charge in [-0.1, -0.05) is 56.3 Å². The maximum Gasteiger partial charge on any atom is 0.162 e. The van der Waals surface area contributed by atoms with E-state index < -0.39 is 0 Å². The van der Waals surface area contributed by atoms with Crippen molar-refractivity contribution in [2.24, 2.45) is 5.41 Å². The highest BCUT2D eigenvalue weighted by molar-refractivity contribution is 9.10. The lowest BCUT2D eigenvalue weighted by molar-refractivity contribution is -0.118. The number of nitrogens with one attached hydrogen (secondary N) is 1. The first kappa shape index (κ1) is 22.0. The van der Waals surface area contributed by atoms with Gasteiger partial charge in [-0.3, -0.25) is 4.79 Å². The third-order valence-electron chi connectivity index (χ3n) is 6.75. The van der Waals surface area contributed by atoms with Crippen molar-refractivity contribution in [2.45, 2.75) is 32.7 Å². The molecule has 3 aromatic carbocycles. The van der Waals surface area contributed by atoms with Crippen molar-refractivity contribution in [3.8, 4) is 11.1 Å². The molecule has 0 radical (unpaired) electrons. The van der Waals surface area contributed by atoms with Crippen molar-refractivity contribution in [1.82, 2.24) is 0 Å². The fourth-order valence-corrected chi connectivity index (χ4v) is 5.93. The van der Waals surface area contributed by atoms with Crippen LogP contribution in [0.15, 0.2) is 76.8 Å². The van der Waals surface area contributed by atoms with Crippen LogP contribution in [0.5, 0.6) is 0 Å². The molecule has 3 nitrogen and oxygen atoms in total. The molecule has 1 aliphatic heterocycles. The van der Waals surface area contributed by atoms with E-state index in [1.807, 2.05) is 20.2 Å². The molecule has 0 fully saturated rings. The van der Waals surface area contributed by atoms with Gasteiger partial charge in [-0.2, -0.15) is 0 Å². The highest BCUT2D eigenvalue weighted by atomic mass is 79.9. The van der Waals surface area contributed by atoms with Gasteiger partial charge in [0, 0.05) is 41.8 Å². The van der Waals surface area contributed by atoms with E-state index in [0.717, 1.165) is 39.0 Å². The minimum atomic E-state index is -0.147. The van der Waals surface area contributed by atoms with E-state index in [2.05, 4.69) is 101 Å². The van der Waals surface area contributed by atoms with Gasteiger partial charge in [-0.25, -0.2) is 0 Å². The van der Waals surface area contributed by atoms with Gasteiger partial charge in [0.1, 0.15) is 0 Å². The van der Waals surface area contributed by atoms with E-state index >= 15 is 0 Å². The minimum Gasteiger partial charge on any atom is -0.377 e. The van der Waals surface area contributed by atoms with E-state index in [1.165, 1.54) is 16.7 Å². The minimum absolute atomic E-state index is 0.0484. The number of halogens is 1. The van der Waals surface area contributed by atoms with Gasteiger partial charge in [0.25, 0.3) is 0 Å². The predicted molar refractivity (Wildman–Crippen MR) is 142 cm³/mol.